The van der Waals surface area contributed by atoms with Crippen molar-refractivity contribution in [3.63, 3.8) is 0 Å². The van der Waals surface area contributed by atoms with Gasteiger partial charge in [-0.3, -0.25) is 19.9 Å². The van der Waals surface area contributed by atoms with Crippen LogP contribution in [-0.2, 0) is 11.2 Å². The number of pyridine rings is 3. The Morgan fingerprint density at radius 1 is 0.829 bits per heavy atom. The molecule has 10 heteroatoms. The zero-order valence-electron chi connectivity index (χ0n) is 21.5. The molecule has 5 aromatic heterocycles. The van der Waals surface area contributed by atoms with Crippen LogP contribution in [-0.4, -0.2) is 41.0 Å². The Labute approximate surface area is 232 Å². The molecule has 198 valence electrons. The maximum Gasteiger partial charge on any atom is 0.228 e. The number of rotatable bonds is 6. The standard InChI is InChI=1S/C31H21FN8O/c32-21-8-6-19(7-9-21)27-28-24(12-13-34-27)37-31(38-28)30-29-25(39-40-30)11-10-23(36-29)20-15-22(17-33-16-20)35-26(41)14-18-4-2-1-3-5-18/h1-13,15-17H,14H2,(H,35,41)(H,37,38)(H,39,40). The van der Waals surface area contributed by atoms with E-state index >= 15 is 0 Å². The highest BCUT2D eigenvalue weighted by Gasteiger charge is 2.18. The number of hydrogen-bond donors (Lipinski definition) is 3. The molecule has 0 unspecified atom stereocenters. The molecule has 1 amide bonds. The van der Waals surface area contributed by atoms with E-state index in [0.717, 1.165) is 27.7 Å². The first kappa shape index (κ1) is 24.3. The number of amides is 1. The van der Waals surface area contributed by atoms with Gasteiger partial charge < -0.3 is 10.3 Å². The number of hydrogen-bond acceptors (Lipinski definition) is 6. The summed E-state index contributed by atoms with van der Waals surface area (Å²) in [6.07, 6.45) is 5.25. The van der Waals surface area contributed by atoms with Gasteiger partial charge in [0.25, 0.3) is 0 Å². The van der Waals surface area contributed by atoms with Gasteiger partial charge in [-0.1, -0.05) is 30.3 Å². The molecule has 9 nitrogen and oxygen atoms in total. The Morgan fingerprint density at radius 3 is 2.51 bits per heavy atom. The molecule has 7 aromatic rings. The van der Waals surface area contributed by atoms with Crippen molar-refractivity contribution in [3.05, 3.63) is 109 Å². The fraction of sp³-hybridized carbons (Fsp3) is 0.0323. The minimum Gasteiger partial charge on any atom is -0.336 e. The van der Waals surface area contributed by atoms with Crippen LogP contribution in [0, 0.1) is 5.82 Å². The number of H-pyrrole nitrogens is 2. The molecule has 0 fully saturated rings. The molecule has 0 spiro atoms. The molecule has 0 atom stereocenters. The first-order valence-electron chi connectivity index (χ1n) is 12.9. The first-order valence-corrected chi connectivity index (χ1v) is 12.9. The molecule has 2 aromatic carbocycles. The monoisotopic (exact) mass is 540 g/mol. The van der Waals surface area contributed by atoms with E-state index in [1.54, 1.807) is 30.7 Å². The third kappa shape index (κ3) is 4.78. The molecule has 0 aliphatic heterocycles. The van der Waals surface area contributed by atoms with Crippen molar-refractivity contribution in [1.29, 1.82) is 0 Å². The highest BCUT2D eigenvalue weighted by atomic mass is 19.1. The normalized spacial score (nSPS) is 11.2. The van der Waals surface area contributed by atoms with Crippen molar-refractivity contribution < 1.29 is 9.18 Å². The van der Waals surface area contributed by atoms with Crippen molar-refractivity contribution in [2.45, 2.75) is 6.42 Å². The van der Waals surface area contributed by atoms with Crippen molar-refractivity contribution in [2.75, 3.05) is 5.32 Å². The first-order chi connectivity index (χ1) is 20.1. The molecule has 5 heterocycles. The van der Waals surface area contributed by atoms with E-state index in [9.17, 15) is 9.18 Å². The van der Waals surface area contributed by atoms with Crippen LogP contribution in [0.15, 0.2) is 97.5 Å². The van der Waals surface area contributed by atoms with Crippen LogP contribution >= 0.6 is 0 Å². The zero-order valence-corrected chi connectivity index (χ0v) is 21.5. The predicted molar refractivity (Wildman–Crippen MR) is 154 cm³/mol. The average molecular weight is 541 g/mol. The quantitative estimate of drug-likeness (QED) is 0.240. The van der Waals surface area contributed by atoms with E-state index in [4.69, 9.17) is 9.97 Å². The number of carbonyl (C=O) groups excluding carboxylic acids is 1. The van der Waals surface area contributed by atoms with E-state index in [2.05, 4.69) is 30.5 Å². The summed E-state index contributed by atoms with van der Waals surface area (Å²) in [6.45, 7) is 0. The summed E-state index contributed by atoms with van der Waals surface area (Å²) in [6, 6.07) is 23.1. The summed E-state index contributed by atoms with van der Waals surface area (Å²) >= 11 is 0. The second-order valence-electron chi connectivity index (χ2n) is 9.49. The van der Waals surface area contributed by atoms with Crippen molar-refractivity contribution in [2.24, 2.45) is 0 Å². The number of fused-ring (bicyclic) bond motifs is 2. The molecule has 0 aliphatic rings. The number of aromatic amines is 2. The van der Waals surface area contributed by atoms with Gasteiger partial charge in [0.05, 0.1) is 40.7 Å². The molecule has 0 radical (unpaired) electrons. The van der Waals surface area contributed by atoms with Gasteiger partial charge in [-0.2, -0.15) is 5.10 Å². The topological polar surface area (TPSA) is 125 Å². The lowest BCUT2D eigenvalue weighted by Crippen LogP contribution is -2.14. The Bertz CT molecular complexity index is 2030. The van der Waals surface area contributed by atoms with Gasteiger partial charge >= 0.3 is 0 Å². The number of benzene rings is 2. The van der Waals surface area contributed by atoms with Crippen LogP contribution in [0.4, 0.5) is 10.1 Å². The van der Waals surface area contributed by atoms with E-state index in [1.165, 1.54) is 12.1 Å². The fourth-order valence-corrected chi connectivity index (χ4v) is 4.73. The lowest BCUT2D eigenvalue weighted by molar-refractivity contribution is -0.115. The molecule has 0 aliphatic carbocycles. The summed E-state index contributed by atoms with van der Waals surface area (Å²) in [5.74, 6) is 0.0752. The highest BCUT2D eigenvalue weighted by molar-refractivity contribution is 5.95. The lowest BCUT2D eigenvalue weighted by atomic mass is 10.1. The van der Waals surface area contributed by atoms with Gasteiger partial charge in [-0.25, -0.2) is 14.4 Å². The van der Waals surface area contributed by atoms with Crippen LogP contribution in [0.3, 0.4) is 0 Å². The third-order valence-electron chi connectivity index (χ3n) is 6.68. The summed E-state index contributed by atoms with van der Waals surface area (Å²) in [7, 11) is 0. The van der Waals surface area contributed by atoms with Crippen molar-refractivity contribution in [3.8, 4) is 34.0 Å². The molecule has 7 rings (SSSR count). The predicted octanol–water partition coefficient (Wildman–Crippen LogP) is 5.95. The number of aromatic nitrogens is 7. The summed E-state index contributed by atoms with van der Waals surface area (Å²) in [5, 5.41) is 10.4. The van der Waals surface area contributed by atoms with E-state index in [1.807, 2.05) is 54.6 Å². The molecular weight excluding hydrogens is 519 g/mol. The minimum atomic E-state index is -0.316. The van der Waals surface area contributed by atoms with Gasteiger partial charge in [0.15, 0.2) is 11.5 Å². The van der Waals surface area contributed by atoms with E-state index in [0.29, 0.717) is 39.6 Å². The van der Waals surface area contributed by atoms with Crippen molar-refractivity contribution in [1.82, 2.24) is 35.1 Å². The second kappa shape index (κ2) is 10.1. The van der Waals surface area contributed by atoms with Crippen molar-refractivity contribution >= 4 is 33.7 Å². The minimum absolute atomic E-state index is 0.130. The van der Waals surface area contributed by atoms with E-state index < -0.39 is 0 Å². The number of halogens is 1. The molecule has 3 N–H and O–H groups in total. The van der Waals surface area contributed by atoms with Gasteiger partial charge in [-0.05, 0) is 54.1 Å². The SMILES string of the molecule is O=C(Cc1ccccc1)Nc1cncc(-c2ccc3[nH]nc(-c4nc5c(-c6ccc(F)cc6)nccc5[nH]4)c3n2)c1. The van der Waals surface area contributed by atoms with Crippen LogP contribution < -0.4 is 5.32 Å². The number of imidazole rings is 1. The molecular formula is C31H21FN8O. The molecule has 41 heavy (non-hydrogen) atoms. The van der Waals surface area contributed by atoms with E-state index in [-0.39, 0.29) is 18.1 Å². The fourth-order valence-electron chi connectivity index (χ4n) is 4.73. The van der Waals surface area contributed by atoms with Gasteiger partial charge in [0.1, 0.15) is 16.9 Å². The number of carbonyl (C=O) groups is 1. The van der Waals surface area contributed by atoms with Crippen LogP contribution in [0.1, 0.15) is 5.56 Å². The highest BCUT2D eigenvalue weighted by Crippen LogP contribution is 2.31. The Balaban J connectivity index is 1.21. The zero-order chi connectivity index (χ0) is 27.8. The summed E-state index contributed by atoms with van der Waals surface area (Å²) in [4.78, 5) is 34.3. The number of anilines is 1. The van der Waals surface area contributed by atoms with Crippen LogP contribution in [0.25, 0.3) is 56.1 Å². The van der Waals surface area contributed by atoms with Gasteiger partial charge in [0, 0.05) is 23.5 Å². The maximum absolute atomic E-state index is 13.5. The second-order valence-corrected chi connectivity index (χ2v) is 9.49. The average Bonchev–Trinajstić information content (AvgIpc) is 3.62. The van der Waals surface area contributed by atoms with Gasteiger partial charge in [0.2, 0.25) is 5.91 Å². The number of nitrogens with one attached hydrogen (secondary N) is 3. The summed E-state index contributed by atoms with van der Waals surface area (Å²) in [5.41, 5.74) is 7.62. The maximum atomic E-state index is 13.5. The Kier molecular flexibility index (Phi) is 5.97. The summed E-state index contributed by atoms with van der Waals surface area (Å²) < 4.78 is 13.5. The van der Waals surface area contributed by atoms with Crippen LogP contribution in [0.2, 0.25) is 0 Å². The smallest absolute Gasteiger partial charge is 0.228 e. The third-order valence-corrected chi connectivity index (χ3v) is 6.68. The van der Waals surface area contributed by atoms with Crippen LogP contribution in [0.5, 0.6) is 0 Å². The van der Waals surface area contributed by atoms with Gasteiger partial charge in [-0.15, -0.1) is 0 Å². The Morgan fingerprint density at radius 2 is 1.66 bits per heavy atom. The molecule has 0 bridgehead atoms. The molecule has 0 saturated carbocycles. The molecule has 0 saturated heterocycles. The largest absolute Gasteiger partial charge is 0.336 e. The number of nitrogens with zero attached hydrogens (tertiary/aromatic N) is 5. The Hall–Kier alpha value is -5.77. The lowest BCUT2D eigenvalue weighted by Gasteiger charge is -2.07.